The number of benzene rings is 3. The number of ether oxygens (including phenoxy) is 2. The number of nitrogens with zero attached hydrogens (tertiary/aromatic N) is 1. The number of nitrogens with one attached hydrogen (secondary N) is 2. The first-order valence-corrected chi connectivity index (χ1v) is 11.2. The number of imide groups is 1. The molecule has 188 valence electrons. The minimum Gasteiger partial charge on any atom is -0.495 e. The Balaban J connectivity index is 1.36. The van der Waals surface area contributed by atoms with Gasteiger partial charge in [0, 0.05) is 0 Å². The molecule has 0 spiro atoms. The molecular weight excluding hydrogens is 478 g/mol. The number of urea groups is 1. The van der Waals surface area contributed by atoms with E-state index >= 15 is 0 Å². The number of amides is 4. The first kappa shape index (κ1) is 25.0. The van der Waals surface area contributed by atoms with Crippen molar-refractivity contribution in [2.24, 2.45) is 0 Å². The number of rotatable bonds is 9. The van der Waals surface area contributed by atoms with Crippen molar-refractivity contribution < 1.29 is 33.8 Å². The van der Waals surface area contributed by atoms with Gasteiger partial charge in [-0.15, -0.1) is 0 Å². The number of carboxylic acids is 1. The molecule has 0 saturated carbocycles. The van der Waals surface area contributed by atoms with Crippen molar-refractivity contribution in [2.75, 3.05) is 19.0 Å². The van der Waals surface area contributed by atoms with E-state index in [1.54, 1.807) is 60.7 Å². The number of hydrogen-bond acceptors (Lipinski definition) is 6. The van der Waals surface area contributed by atoms with Gasteiger partial charge in [0.2, 0.25) is 5.91 Å². The molecule has 3 aromatic carbocycles. The number of methoxy groups -OCH3 is 1. The molecule has 0 radical (unpaired) electrons. The Labute approximate surface area is 212 Å². The molecule has 3 N–H and O–H groups in total. The maximum atomic E-state index is 12.7. The molecule has 37 heavy (non-hydrogen) atoms. The van der Waals surface area contributed by atoms with Gasteiger partial charge in [-0.25, -0.2) is 14.5 Å². The summed E-state index contributed by atoms with van der Waals surface area (Å²) in [7, 11) is 1.47. The molecule has 0 bridgehead atoms. The molecule has 1 heterocycles. The van der Waals surface area contributed by atoms with Gasteiger partial charge < -0.3 is 25.2 Å². The summed E-state index contributed by atoms with van der Waals surface area (Å²) in [5, 5.41) is 14.2. The van der Waals surface area contributed by atoms with Crippen LogP contribution in [0.15, 0.2) is 78.5 Å². The standard InChI is InChI=1S/C27H23N3O7/c1-36-23-8-3-2-7-21(23)28-24(31)15-30-25(32)22(29-27(30)35)14-17-9-11-20(12-10-17)37-16-18-5-4-6-19(13-18)26(33)34/h2-14H,15-16H2,1H3,(H,28,31)(H,29,35)(H,33,34)/b22-14+. The maximum Gasteiger partial charge on any atom is 0.335 e. The lowest BCUT2D eigenvalue weighted by Gasteiger charge is -2.13. The van der Waals surface area contributed by atoms with Crippen LogP contribution in [0.25, 0.3) is 6.08 Å². The maximum absolute atomic E-state index is 12.7. The van der Waals surface area contributed by atoms with E-state index in [-0.39, 0.29) is 17.9 Å². The van der Waals surface area contributed by atoms with Gasteiger partial charge in [0.05, 0.1) is 18.4 Å². The number of hydrogen-bond donors (Lipinski definition) is 3. The van der Waals surface area contributed by atoms with Crippen LogP contribution in [-0.4, -0.2) is 47.5 Å². The van der Waals surface area contributed by atoms with Gasteiger partial charge in [-0.05, 0) is 53.6 Å². The molecular formula is C27H23N3O7. The molecule has 0 unspecified atom stereocenters. The van der Waals surface area contributed by atoms with Crippen molar-refractivity contribution in [3.63, 3.8) is 0 Å². The average Bonchev–Trinajstić information content (AvgIpc) is 3.16. The van der Waals surface area contributed by atoms with E-state index in [1.165, 1.54) is 25.3 Å². The Morgan fingerprint density at radius 1 is 1.03 bits per heavy atom. The van der Waals surface area contributed by atoms with Gasteiger partial charge >= 0.3 is 12.0 Å². The third-order valence-corrected chi connectivity index (χ3v) is 5.42. The summed E-state index contributed by atoms with van der Waals surface area (Å²) in [6.07, 6.45) is 1.50. The quantitative estimate of drug-likeness (QED) is 0.302. The van der Waals surface area contributed by atoms with Crippen LogP contribution >= 0.6 is 0 Å². The summed E-state index contributed by atoms with van der Waals surface area (Å²) in [5.74, 6) is -1.19. The Kier molecular flexibility index (Phi) is 7.48. The first-order chi connectivity index (χ1) is 17.8. The number of aromatic carboxylic acids is 1. The molecule has 3 aromatic rings. The van der Waals surface area contributed by atoms with Gasteiger partial charge in [0.1, 0.15) is 30.3 Å². The zero-order valence-electron chi connectivity index (χ0n) is 19.8. The smallest absolute Gasteiger partial charge is 0.335 e. The fourth-order valence-corrected chi connectivity index (χ4v) is 3.58. The molecule has 1 fully saturated rings. The van der Waals surface area contributed by atoms with Crippen molar-refractivity contribution in [2.45, 2.75) is 6.61 Å². The topological polar surface area (TPSA) is 134 Å². The van der Waals surface area contributed by atoms with Crippen molar-refractivity contribution in [3.05, 3.63) is 95.2 Å². The van der Waals surface area contributed by atoms with Crippen LogP contribution in [0.2, 0.25) is 0 Å². The summed E-state index contributed by atoms with van der Waals surface area (Å²) >= 11 is 0. The van der Waals surface area contributed by atoms with Crippen molar-refractivity contribution >= 4 is 35.6 Å². The van der Waals surface area contributed by atoms with E-state index in [4.69, 9.17) is 14.6 Å². The second kappa shape index (κ2) is 11.1. The lowest BCUT2D eigenvalue weighted by atomic mass is 10.1. The van der Waals surface area contributed by atoms with Gasteiger partial charge in [-0.2, -0.15) is 0 Å². The molecule has 1 aliphatic rings. The van der Waals surface area contributed by atoms with Crippen LogP contribution in [0.5, 0.6) is 11.5 Å². The number of carbonyl (C=O) groups excluding carboxylic acids is 3. The minimum atomic E-state index is -1.01. The van der Waals surface area contributed by atoms with E-state index in [1.807, 2.05) is 0 Å². The van der Waals surface area contributed by atoms with Gasteiger partial charge in [-0.3, -0.25) is 9.59 Å². The zero-order valence-corrected chi connectivity index (χ0v) is 19.8. The minimum absolute atomic E-state index is 0.0363. The highest BCUT2D eigenvalue weighted by atomic mass is 16.5. The Bertz CT molecular complexity index is 1380. The van der Waals surface area contributed by atoms with E-state index in [9.17, 15) is 19.2 Å². The summed E-state index contributed by atoms with van der Waals surface area (Å²) in [6.45, 7) is -0.280. The van der Waals surface area contributed by atoms with Crippen molar-refractivity contribution in [1.82, 2.24) is 10.2 Å². The molecule has 1 saturated heterocycles. The fraction of sp³-hybridized carbons (Fsp3) is 0.111. The van der Waals surface area contributed by atoms with Gasteiger partial charge in [-0.1, -0.05) is 36.4 Å². The van der Waals surface area contributed by atoms with Crippen LogP contribution in [0.3, 0.4) is 0 Å². The molecule has 0 atom stereocenters. The largest absolute Gasteiger partial charge is 0.495 e. The zero-order chi connectivity index (χ0) is 26.4. The monoisotopic (exact) mass is 501 g/mol. The van der Waals surface area contributed by atoms with Crippen molar-refractivity contribution in [1.29, 1.82) is 0 Å². The Hall–Kier alpha value is -5.12. The fourth-order valence-electron chi connectivity index (χ4n) is 3.58. The number of anilines is 1. The van der Waals surface area contributed by atoms with Crippen LogP contribution in [0.1, 0.15) is 21.5 Å². The lowest BCUT2D eigenvalue weighted by Crippen LogP contribution is -2.38. The van der Waals surface area contributed by atoms with Gasteiger partial charge in [0.25, 0.3) is 5.91 Å². The molecule has 4 amide bonds. The predicted molar refractivity (Wildman–Crippen MR) is 134 cm³/mol. The lowest BCUT2D eigenvalue weighted by molar-refractivity contribution is -0.127. The highest BCUT2D eigenvalue weighted by Gasteiger charge is 2.35. The highest BCUT2D eigenvalue weighted by molar-refractivity contribution is 6.16. The third-order valence-electron chi connectivity index (χ3n) is 5.42. The highest BCUT2D eigenvalue weighted by Crippen LogP contribution is 2.23. The molecule has 4 rings (SSSR count). The second-order valence-corrected chi connectivity index (χ2v) is 7.99. The molecule has 0 aliphatic carbocycles. The van der Waals surface area contributed by atoms with Crippen LogP contribution < -0.4 is 20.1 Å². The Morgan fingerprint density at radius 2 is 1.78 bits per heavy atom. The van der Waals surface area contributed by atoms with Crippen LogP contribution in [0.4, 0.5) is 10.5 Å². The Morgan fingerprint density at radius 3 is 2.51 bits per heavy atom. The predicted octanol–water partition coefficient (Wildman–Crippen LogP) is 3.50. The van der Waals surface area contributed by atoms with E-state index in [0.717, 1.165) is 4.90 Å². The van der Waals surface area contributed by atoms with Crippen LogP contribution in [0, 0.1) is 0 Å². The van der Waals surface area contributed by atoms with E-state index in [0.29, 0.717) is 28.3 Å². The summed E-state index contributed by atoms with van der Waals surface area (Å²) in [6, 6.07) is 19.3. The summed E-state index contributed by atoms with van der Waals surface area (Å²) in [4.78, 5) is 49.4. The number of para-hydroxylation sites is 2. The molecule has 10 nitrogen and oxygen atoms in total. The number of carbonyl (C=O) groups is 4. The first-order valence-electron chi connectivity index (χ1n) is 11.2. The summed E-state index contributed by atoms with van der Waals surface area (Å²) < 4.78 is 10.9. The SMILES string of the molecule is COc1ccccc1NC(=O)CN1C(=O)N/C(=C/c2ccc(OCc3cccc(C(=O)O)c3)cc2)C1=O. The molecule has 1 aliphatic heterocycles. The molecule has 0 aromatic heterocycles. The van der Waals surface area contributed by atoms with E-state index < -0.39 is 30.4 Å². The third kappa shape index (κ3) is 6.12. The second-order valence-electron chi connectivity index (χ2n) is 7.99. The average molecular weight is 501 g/mol. The number of carboxylic acid groups (broad SMARTS) is 1. The van der Waals surface area contributed by atoms with Crippen molar-refractivity contribution in [3.8, 4) is 11.5 Å². The molecule has 10 heteroatoms. The normalized spacial score (nSPS) is 13.9. The van der Waals surface area contributed by atoms with Gasteiger partial charge in [0.15, 0.2) is 0 Å². The van der Waals surface area contributed by atoms with E-state index in [2.05, 4.69) is 10.6 Å². The van der Waals surface area contributed by atoms with Crippen LogP contribution in [-0.2, 0) is 16.2 Å². The summed E-state index contributed by atoms with van der Waals surface area (Å²) in [5.41, 5.74) is 1.98.